The lowest BCUT2D eigenvalue weighted by Gasteiger charge is -2.41. The van der Waals surface area contributed by atoms with Gasteiger partial charge in [0.15, 0.2) is 16.5 Å². The maximum atomic E-state index is 15.0. The fourth-order valence-electron chi connectivity index (χ4n) is 4.48. The Labute approximate surface area is 217 Å². The van der Waals surface area contributed by atoms with Gasteiger partial charge in [-0.1, -0.05) is 18.2 Å². The molecule has 11 heteroatoms. The summed E-state index contributed by atoms with van der Waals surface area (Å²) in [5, 5.41) is 12.2. The molecule has 37 heavy (non-hydrogen) atoms. The molecule has 3 aromatic heterocycles. The summed E-state index contributed by atoms with van der Waals surface area (Å²) >= 11 is 1.31. The predicted molar refractivity (Wildman–Crippen MR) is 139 cm³/mol. The third-order valence-corrected chi connectivity index (χ3v) is 6.93. The summed E-state index contributed by atoms with van der Waals surface area (Å²) < 4.78 is 22.4. The SMILES string of the molecule is C[C@H]1CN(C(=O)OC(C)(C)C)CCN1c1ncnc2c1c(-c1ccccc1F)cn2-c1nc(C#N)cs1. The van der Waals surface area contributed by atoms with Crippen LogP contribution in [0.2, 0.25) is 0 Å². The topological polar surface area (TPSA) is 100 Å². The average Bonchev–Trinajstić information content (AvgIpc) is 3.48. The zero-order valence-electron chi connectivity index (χ0n) is 21.0. The number of halogens is 1. The molecule has 0 radical (unpaired) electrons. The lowest BCUT2D eigenvalue weighted by Crippen LogP contribution is -2.54. The van der Waals surface area contributed by atoms with E-state index in [-0.39, 0.29) is 18.0 Å². The first-order chi connectivity index (χ1) is 17.7. The van der Waals surface area contributed by atoms with Crippen LogP contribution in [0.4, 0.5) is 15.0 Å². The van der Waals surface area contributed by atoms with Crippen LogP contribution in [0.1, 0.15) is 33.4 Å². The minimum Gasteiger partial charge on any atom is -0.444 e. The lowest BCUT2D eigenvalue weighted by atomic mass is 10.0. The number of hydrogen-bond donors (Lipinski definition) is 0. The summed E-state index contributed by atoms with van der Waals surface area (Å²) in [5.41, 5.74) is 1.33. The number of ether oxygens (including phenoxy) is 1. The van der Waals surface area contributed by atoms with E-state index in [2.05, 4.69) is 25.9 Å². The summed E-state index contributed by atoms with van der Waals surface area (Å²) in [6.07, 6.45) is 2.93. The Morgan fingerprint density at radius 3 is 2.68 bits per heavy atom. The highest BCUT2D eigenvalue weighted by Gasteiger charge is 2.32. The van der Waals surface area contributed by atoms with Crippen molar-refractivity contribution in [2.45, 2.75) is 39.3 Å². The molecule has 0 spiro atoms. The van der Waals surface area contributed by atoms with Crippen molar-refractivity contribution in [1.29, 1.82) is 5.26 Å². The molecule has 0 bridgehead atoms. The quantitative estimate of drug-likeness (QED) is 0.375. The number of rotatable bonds is 3. The second kappa shape index (κ2) is 9.44. The second-order valence-electron chi connectivity index (χ2n) is 9.88. The summed E-state index contributed by atoms with van der Waals surface area (Å²) in [7, 11) is 0. The summed E-state index contributed by atoms with van der Waals surface area (Å²) in [5.74, 6) is 0.284. The van der Waals surface area contributed by atoms with Crippen molar-refractivity contribution in [3.8, 4) is 22.3 Å². The number of fused-ring (bicyclic) bond motifs is 1. The van der Waals surface area contributed by atoms with Crippen LogP contribution in [0.25, 0.3) is 27.3 Å². The van der Waals surface area contributed by atoms with Gasteiger partial charge < -0.3 is 14.5 Å². The molecule has 1 atom stereocenters. The predicted octanol–water partition coefficient (Wildman–Crippen LogP) is 5.00. The Kier molecular flexibility index (Phi) is 6.29. The van der Waals surface area contributed by atoms with Crippen LogP contribution >= 0.6 is 11.3 Å². The molecule has 1 aliphatic heterocycles. The highest BCUT2D eigenvalue weighted by atomic mass is 32.1. The van der Waals surface area contributed by atoms with Gasteiger partial charge in [-0.05, 0) is 33.8 Å². The van der Waals surface area contributed by atoms with Gasteiger partial charge in [0, 0.05) is 48.4 Å². The number of nitriles is 1. The van der Waals surface area contributed by atoms with Gasteiger partial charge in [0.1, 0.15) is 29.6 Å². The van der Waals surface area contributed by atoms with Crippen LogP contribution in [0.5, 0.6) is 0 Å². The number of carbonyl (C=O) groups is 1. The van der Waals surface area contributed by atoms with Crippen molar-refractivity contribution in [3.63, 3.8) is 0 Å². The van der Waals surface area contributed by atoms with Gasteiger partial charge in [0.25, 0.3) is 0 Å². The number of nitrogens with zero attached hydrogens (tertiary/aromatic N) is 7. The molecule has 5 rings (SSSR count). The van der Waals surface area contributed by atoms with Crippen molar-refractivity contribution in [1.82, 2.24) is 24.4 Å². The standard InChI is InChI=1S/C26H26FN7O2S/c1-16-12-32(25(35)36-26(2,3)4)9-10-33(16)22-21-19(18-7-5-6-8-20(18)27)13-34(23(21)30-15-29-22)24-31-17(11-28)14-37-24/h5-8,13-16H,9-10,12H2,1-4H3/t16-/m0/s1. The molecule has 0 N–H and O–H groups in total. The van der Waals surface area contributed by atoms with E-state index in [1.54, 1.807) is 39.2 Å². The van der Waals surface area contributed by atoms with Gasteiger partial charge >= 0.3 is 6.09 Å². The molecule has 4 aromatic rings. The largest absolute Gasteiger partial charge is 0.444 e. The van der Waals surface area contributed by atoms with Crippen molar-refractivity contribution < 1.29 is 13.9 Å². The highest BCUT2D eigenvalue weighted by Crippen LogP contribution is 2.39. The van der Waals surface area contributed by atoms with Crippen molar-refractivity contribution in [3.05, 3.63) is 53.7 Å². The number of benzene rings is 1. The molecule has 1 aromatic carbocycles. The zero-order valence-corrected chi connectivity index (χ0v) is 21.8. The Bertz CT molecular complexity index is 1520. The summed E-state index contributed by atoms with van der Waals surface area (Å²) in [6.45, 7) is 8.98. The smallest absolute Gasteiger partial charge is 0.410 e. The molecule has 1 saturated heterocycles. The van der Waals surface area contributed by atoms with Crippen LogP contribution < -0.4 is 4.90 Å². The molecule has 190 valence electrons. The minimum atomic E-state index is -0.574. The van der Waals surface area contributed by atoms with E-state index in [1.165, 1.54) is 23.7 Å². The van der Waals surface area contributed by atoms with Crippen LogP contribution in [0, 0.1) is 17.1 Å². The molecule has 4 heterocycles. The maximum Gasteiger partial charge on any atom is 0.410 e. The number of amides is 1. The summed E-state index contributed by atoms with van der Waals surface area (Å²) in [4.78, 5) is 30.0. The van der Waals surface area contributed by atoms with E-state index in [4.69, 9.17) is 4.74 Å². The Morgan fingerprint density at radius 1 is 1.22 bits per heavy atom. The second-order valence-corrected chi connectivity index (χ2v) is 10.7. The Balaban J connectivity index is 1.60. The van der Waals surface area contributed by atoms with E-state index < -0.39 is 5.60 Å². The van der Waals surface area contributed by atoms with Crippen LogP contribution in [-0.4, -0.2) is 61.8 Å². The lowest BCUT2D eigenvalue weighted by molar-refractivity contribution is 0.0218. The number of hydrogen-bond acceptors (Lipinski definition) is 8. The van der Waals surface area contributed by atoms with Gasteiger partial charge in [-0.15, -0.1) is 11.3 Å². The molecule has 9 nitrogen and oxygen atoms in total. The number of piperazine rings is 1. The zero-order chi connectivity index (χ0) is 26.3. The van der Waals surface area contributed by atoms with Gasteiger partial charge in [-0.2, -0.15) is 5.26 Å². The molecule has 0 saturated carbocycles. The van der Waals surface area contributed by atoms with Crippen LogP contribution in [-0.2, 0) is 4.74 Å². The third-order valence-electron chi connectivity index (χ3n) is 6.09. The third kappa shape index (κ3) is 4.72. The van der Waals surface area contributed by atoms with Gasteiger partial charge in [-0.3, -0.25) is 4.57 Å². The molecular formula is C26H26FN7O2S. The van der Waals surface area contributed by atoms with Crippen LogP contribution in [0.3, 0.4) is 0 Å². The number of aromatic nitrogens is 4. The molecule has 1 fully saturated rings. The van der Waals surface area contributed by atoms with Crippen molar-refractivity contribution in [2.24, 2.45) is 0 Å². The molecule has 0 unspecified atom stereocenters. The first-order valence-corrected chi connectivity index (χ1v) is 12.8. The number of anilines is 1. The molecule has 0 aliphatic carbocycles. The fourth-order valence-corrected chi connectivity index (χ4v) is 5.21. The van der Waals surface area contributed by atoms with E-state index in [9.17, 15) is 10.1 Å². The molecular weight excluding hydrogens is 493 g/mol. The van der Waals surface area contributed by atoms with Crippen molar-refractivity contribution in [2.75, 3.05) is 24.5 Å². The van der Waals surface area contributed by atoms with Gasteiger partial charge in [-0.25, -0.2) is 24.1 Å². The van der Waals surface area contributed by atoms with Gasteiger partial charge in [0.2, 0.25) is 0 Å². The first-order valence-electron chi connectivity index (χ1n) is 11.9. The van der Waals surface area contributed by atoms with E-state index in [0.717, 1.165) is 0 Å². The van der Waals surface area contributed by atoms with Crippen LogP contribution in [0.15, 0.2) is 42.2 Å². The highest BCUT2D eigenvalue weighted by molar-refractivity contribution is 7.12. The Hall–Kier alpha value is -4.04. The Morgan fingerprint density at radius 2 is 2.00 bits per heavy atom. The average molecular weight is 520 g/mol. The molecule has 1 aliphatic rings. The number of carbonyl (C=O) groups excluding carboxylic acids is 1. The number of thiazole rings is 1. The fraction of sp³-hybridized carbons (Fsp3) is 0.346. The van der Waals surface area contributed by atoms with E-state index in [0.29, 0.717) is 58.4 Å². The van der Waals surface area contributed by atoms with Crippen molar-refractivity contribution >= 4 is 34.3 Å². The monoisotopic (exact) mass is 519 g/mol. The summed E-state index contributed by atoms with van der Waals surface area (Å²) in [6, 6.07) is 8.54. The molecule has 1 amide bonds. The van der Waals surface area contributed by atoms with E-state index >= 15 is 4.39 Å². The maximum absolute atomic E-state index is 15.0. The van der Waals surface area contributed by atoms with Gasteiger partial charge in [0.05, 0.1) is 5.39 Å². The normalized spacial score (nSPS) is 16.2. The first kappa shape index (κ1) is 24.6. The van der Waals surface area contributed by atoms with E-state index in [1.807, 2.05) is 27.7 Å². The minimum absolute atomic E-state index is 0.0822.